The van der Waals surface area contributed by atoms with Gasteiger partial charge in [-0.2, -0.15) is 0 Å². The molecule has 0 atom stereocenters. The molecule has 3 rings (SSSR count). The summed E-state index contributed by atoms with van der Waals surface area (Å²) in [6, 6.07) is 21.3. The molecule has 1 heterocycles. The number of nitrogens with zero attached hydrogens (tertiary/aromatic N) is 1. The van der Waals surface area contributed by atoms with Gasteiger partial charge in [0, 0.05) is 23.4 Å². The van der Waals surface area contributed by atoms with Gasteiger partial charge in [-0.05, 0) is 24.1 Å². The van der Waals surface area contributed by atoms with Crippen LogP contribution in [0.5, 0.6) is 5.88 Å². The van der Waals surface area contributed by atoms with Crippen LogP contribution in [0, 0.1) is 0 Å². The number of Topliss-reactive ketones (excluding diaryl/α,β-unsaturated/α-hetero) is 1. The molecule has 3 heteroatoms. The number of ether oxygens (including phenoxy) is 1. The third-order valence-electron chi connectivity index (χ3n) is 3.59. The van der Waals surface area contributed by atoms with E-state index in [9.17, 15) is 4.79 Å². The van der Waals surface area contributed by atoms with Gasteiger partial charge in [0.2, 0.25) is 5.88 Å². The third-order valence-corrected chi connectivity index (χ3v) is 3.59. The lowest BCUT2D eigenvalue weighted by molar-refractivity contribution is 0.101. The number of rotatable bonds is 5. The van der Waals surface area contributed by atoms with Gasteiger partial charge in [0.05, 0.1) is 0 Å². The lowest BCUT2D eigenvalue weighted by Gasteiger charge is -2.07. The number of ketones is 1. The van der Waals surface area contributed by atoms with Crippen molar-refractivity contribution in [2.24, 2.45) is 0 Å². The highest BCUT2D eigenvalue weighted by molar-refractivity contribution is 5.94. The average molecular weight is 303 g/mol. The van der Waals surface area contributed by atoms with Crippen LogP contribution in [0.1, 0.15) is 22.8 Å². The zero-order chi connectivity index (χ0) is 16.1. The van der Waals surface area contributed by atoms with Gasteiger partial charge in [-0.3, -0.25) is 4.79 Å². The van der Waals surface area contributed by atoms with E-state index in [-0.39, 0.29) is 5.78 Å². The number of aromatic nitrogens is 1. The van der Waals surface area contributed by atoms with Crippen LogP contribution >= 0.6 is 0 Å². The molecular formula is C20H17NO2. The summed E-state index contributed by atoms with van der Waals surface area (Å²) in [7, 11) is 0. The van der Waals surface area contributed by atoms with Crippen molar-refractivity contribution in [1.29, 1.82) is 0 Å². The molecule has 0 bridgehead atoms. The summed E-state index contributed by atoms with van der Waals surface area (Å²) >= 11 is 0. The van der Waals surface area contributed by atoms with Crippen LogP contribution < -0.4 is 4.74 Å². The highest BCUT2D eigenvalue weighted by atomic mass is 16.5. The van der Waals surface area contributed by atoms with Crippen LogP contribution in [0.4, 0.5) is 0 Å². The first-order valence-corrected chi connectivity index (χ1v) is 7.46. The van der Waals surface area contributed by atoms with E-state index in [0.717, 1.165) is 16.7 Å². The van der Waals surface area contributed by atoms with Crippen molar-refractivity contribution in [3.05, 3.63) is 84.1 Å². The molecule has 0 aliphatic rings. The normalized spacial score (nSPS) is 10.3. The largest absolute Gasteiger partial charge is 0.473 e. The van der Waals surface area contributed by atoms with Crippen molar-refractivity contribution in [3.8, 4) is 17.0 Å². The molecule has 114 valence electrons. The van der Waals surface area contributed by atoms with Gasteiger partial charge in [-0.25, -0.2) is 4.98 Å². The van der Waals surface area contributed by atoms with Gasteiger partial charge in [-0.1, -0.05) is 54.6 Å². The SMILES string of the molecule is CC(=O)c1ccc(-c2ccc(OCc3ccccc3)nc2)cc1. The minimum Gasteiger partial charge on any atom is -0.473 e. The van der Waals surface area contributed by atoms with Crippen molar-refractivity contribution in [1.82, 2.24) is 4.98 Å². The van der Waals surface area contributed by atoms with Gasteiger partial charge in [-0.15, -0.1) is 0 Å². The van der Waals surface area contributed by atoms with E-state index >= 15 is 0 Å². The van der Waals surface area contributed by atoms with Crippen molar-refractivity contribution in [2.75, 3.05) is 0 Å². The van der Waals surface area contributed by atoms with Crippen LogP contribution in [0.15, 0.2) is 72.9 Å². The number of carbonyl (C=O) groups excluding carboxylic acids is 1. The molecule has 0 saturated carbocycles. The molecule has 2 aromatic carbocycles. The third kappa shape index (κ3) is 3.83. The molecule has 0 aliphatic carbocycles. The second kappa shape index (κ2) is 6.88. The Bertz CT molecular complexity index is 778. The number of hydrogen-bond donors (Lipinski definition) is 0. The van der Waals surface area contributed by atoms with Gasteiger partial charge < -0.3 is 4.74 Å². The number of pyridine rings is 1. The van der Waals surface area contributed by atoms with Crippen molar-refractivity contribution >= 4 is 5.78 Å². The first-order chi connectivity index (χ1) is 11.2. The minimum atomic E-state index is 0.0688. The average Bonchev–Trinajstić information content (AvgIpc) is 2.61. The Balaban J connectivity index is 1.68. The Hall–Kier alpha value is -2.94. The van der Waals surface area contributed by atoms with E-state index in [0.29, 0.717) is 18.1 Å². The first-order valence-electron chi connectivity index (χ1n) is 7.46. The molecule has 0 unspecified atom stereocenters. The van der Waals surface area contributed by atoms with Gasteiger partial charge in [0.1, 0.15) is 6.61 Å². The molecule has 3 aromatic rings. The smallest absolute Gasteiger partial charge is 0.213 e. The zero-order valence-corrected chi connectivity index (χ0v) is 12.9. The Morgan fingerprint density at radius 1 is 0.913 bits per heavy atom. The van der Waals surface area contributed by atoms with Crippen LogP contribution in [0.25, 0.3) is 11.1 Å². The molecule has 1 aromatic heterocycles. The maximum absolute atomic E-state index is 11.3. The van der Waals surface area contributed by atoms with Crippen molar-refractivity contribution in [3.63, 3.8) is 0 Å². The molecule has 0 N–H and O–H groups in total. The fraction of sp³-hybridized carbons (Fsp3) is 0.100. The summed E-state index contributed by atoms with van der Waals surface area (Å²) in [4.78, 5) is 15.6. The summed E-state index contributed by atoms with van der Waals surface area (Å²) in [6.45, 7) is 2.07. The van der Waals surface area contributed by atoms with Gasteiger partial charge in [0.25, 0.3) is 0 Å². The second-order valence-corrected chi connectivity index (χ2v) is 5.29. The molecule has 0 aliphatic heterocycles. The molecule has 0 radical (unpaired) electrons. The Labute approximate surface area is 135 Å². The fourth-order valence-electron chi connectivity index (χ4n) is 2.27. The molecule has 23 heavy (non-hydrogen) atoms. The lowest BCUT2D eigenvalue weighted by Crippen LogP contribution is -1.96. The number of benzene rings is 2. The molecule has 0 fully saturated rings. The molecule has 0 saturated heterocycles. The van der Waals surface area contributed by atoms with E-state index in [1.165, 1.54) is 0 Å². The summed E-state index contributed by atoms with van der Waals surface area (Å²) in [5.74, 6) is 0.664. The van der Waals surface area contributed by atoms with E-state index in [1.54, 1.807) is 13.1 Å². The highest BCUT2D eigenvalue weighted by Crippen LogP contribution is 2.21. The molecular weight excluding hydrogens is 286 g/mol. The molecule has 0 spiro atoms. The Kier molecular flexibility index (Phi) is 4.48. The van der Waals surface area contributed by atoms with Crippen LogP contribution in [0.2, 0.25) is 0 Å². The summed E-state index contributed by atoms with van der Waals surface area (Å²) < 4.78 is 5.68. The summed E-state index contributed by atoms with van der Waals surface area (Å²) in [5, 5.41) is 0. The monoisotopic (exact) mass is 303 g/mol. The number of carbonyl (C=O) groups is 1. The predicted octanol–water partition coefficient (Wildman–Crippen LogP) is 4.53. The quantitative estimate of drug-likeness (QED) is 0.650. The Morgan fingerprint density at radius 3 is 2.22 bits per heavy atom. The fourth-order valence-corrected chi connectivity index (χ4v) is 2.27. The standard InChI is InChI=1S/C20H17NO2/c1-15(22)17-7-9-18(10-8-17)19-11-12-20(21-13-19)23-14-16-5-3-2-4-6-16/h2-13H,14H2,1H3. The first kappa shape index (κ1) is 15.0. The predicted molar refractivity (Wildman–Crippen MR) is 90.5 cm³/mol. The minimum absolute atomic E-state index is 0.0688. The summed E-state index contributed by atoms with van der Waals surface area (Å²) in [5.41, 5.74) is 3.84. The summed E-state index contributed by atoms with van der Waals surface area (Å²) in [6.07, 6.45) is 1.78. The van der Waals surface area contributed by atoms with Crippen molar-refractivity contribution < 1.29 is 9.53 Å². The lowest BCUT2D eigenvalue weighted by atomic mass is 10.0. The maximum atomic E-state index is 11.3. The van der Waals surface area contributed by atoms with Gasteiger partial charge in [0.15, 0.2) is 5.78 Å². The van der Waals surface area contributed by atoms with Crippen LogP contribution in [-0.4, -0.2) is 10.8 Å². The maximum Gasteiger partial charge on any atom is 0.213 e. The van der Waals surface area contributed by atoms with E-state index in [2.05, 4.69) is 4.98 Å². The van der Waals surface area contributed by atoms with Gasteiger partial charge >= 0.3 is 0 Å². The molecule has 3 nitrogen and oxygen atoms in total. The zero-order valence-electron chi connectivity index (χ0n) is 12.9. The molecule has 0 amide bonds. The van der Waals surface area contributed by atoms with Crippen LogP contribution in [-0.2, 0) is 6.61 Å². The van der Waals surface area contributed by atoms with E-state index in [1.807, 2.05) is 66.7 Å². The topological polar surface area (TPSA) is 39.2 Å². The number of hydrogen-bond acceptors (Lipinski definition) is 3. The van der Waals surface area contributed by atoms with Crippen LogP contribution in [0.3, 0.4) is 0 Å². The van der Waals surface area contributed by atoms with E-state index in [4.69, 9.17) is 4.74 Å². The van der Waals surface area contributed by atoms with Crippen molar-refractivity contribution in [2.45, 2.75) is 13.5 Å². The second-order valence-electron chi connectivity index (χ2n) is 5.29. The van der Waals surface area contributed by atoms with E-state index < -0.39 is 0 Å². The highest BCUT2D eigenvalue weighted by Gasteiger charge is 2.03. The Morgan fingerprint density at radius 2 is 1.61 bits per heavy atom.